The van der Waals surface area contributed by atoms with Gasteiger partial charge in [-0.3, -0.25) is 4.79 Å². The Labute approximate surface area is 87.1 Å². The number of carbonyl (C=O) groups excluding carboxylic acids is 1. The van der Waals surface area contributed by atoms with Crippen LogP contribution in [0.2, 0.25) is 0 Å². The number of hydrogen-bond acceptors (Lipinski definition) is 2. The minimum absolute atomic E-state index is 0.00181. The second-order valence-corrected chi connectivity index (χ2v) is 3.59. The SMILES string of the molecule is CC(CN)CC(=O)c1ccc(F)cc1F. The molecule has 0 aliphatic carbocycles. The van der Waals surface area contributed by atoms with Crippen LogP contribution >= 0.6 is 0 Å². The highest BCUT2D eigenvalue weighted by atomic mass is 19.1. The zero-order valence-electron chi connectivity index (χ0n) is 8.47. The average molecular weight is 213 g/mol. The van der Waals surface area contributed by atoms with Gasteiger partial charge in [-0.2, -0.15) is 0 Å². The highest BCUT2D eigenvalue weighted by molar-refractivity contribution is 5.96. The lowest BCUT2D eigenvalue weighted by molar-refractivity contribution is 0.0962. The van der Waals surface area contributed by atoms with Crippen molar-refractivity contribution in [1.82, 2.24) is 0 Å². The molecular weight excluding hydrogens is 200 g/mol. The van der Waals surface area contributed by atoms with E-state index >= 15 is 0 Å². The molecule has 0 bridgehead atoms. The van der Waals surface area contributed by atoms with Gasteiger partial charge in [0.2, 0.25) is 0 Å². The highest BCUT2D eigenvalue weighted by Crippen LogP contribution is 2.14. The summed E-state index contributed by atoms with van der Waals surface area (Å²) in [4.78, 5) is 11.5. The van der Waals surface area contributed by atoms with Crippen LogP contribution in [0, 0.1) is 17.6 Å². The Balaban J connectivity index is 2.82. The van der Waals surface area contributed by atoms with Crippen molar-refractivity contribution >= 4 is 5.78 Å². The van der Waals surface area contributed by atoms with Crippen LogP contribution in [0.25, 0.3) is 0 Å². The Kier molecular flexibility index (Phi) is 3.91. The molecule has 15 heavy (non-hydrogen) atoms. The monoisotopic (exact) mass is 213 g/mol. The molecule has 0 aliphatic rings. The molecule has 0 saturated heterocycles. The molecule has 1 aromatic carbocycles. The summed E-state index contributed by atoms with van der Waals surface area (Å²) >= 11 is 0. The topological polar surface area (TPSA) is 43.1 Å². The molecule has 1 atom stereocenters. The number of nitrogens with two attached hydrogens (primary N) is 1. The maximum atomic E-state index is 13.2. The molecule has 1 aromatic rings. The summed E-state index contributed by atoms with van der Waals surface area (Å²) in [5, 5.41) is 0. The first-order valence-corrected chi connectivity index (χ1v) is 4.73. The second kappa shape index (κ2) is 4.98. The van der Waals surface area contributed by atoms with E-state index < -0.39 is 11.6 Å². The third-order valence-corrected chi connectivity index (χ3v) is 2.17. The fourth-order valence-corrected chi connectivity index (χ4v) is 1.23. The van der Waals surface area contributed by atoms with Crippen molar-refractivity contribution in [3.05, 3.63) is 35.4 Å². The van der Waals surface area contributed by atoms with Crippen molar-refractivity contribution in [3.8, 4) is 0 Å². The summed E-state index contributed by atoms with van der Waals surface area (Å²) in [6.45, 7) is 2.17. The molecule has 2 nitrogen and oxygen atoms in total. The van der Waals surface area contributed by atoms with Gasteiger partial charge in [0.05, 0.1) is 5.56 Å². The number of halogens is 2. The predicted molar refractivity (Wildman–Crippen MR) is 53.5 cm³/mol. The summed E-state index contributed by atoms with van der Waals surface area (Å²) in [7, 11) is 0. The van der Waals surface area contributed by atoms with Crippen LogP contribution in [-0.2, 0) is 0 Å². The van der Waals surface area contributed by atoms with Gasteiger partial charge in [0.1, 0.15) is 11.6 Å². The molecule has 0 fully saturated rings. The van der Waals surface area contributed by atoms with Crippen molar-refractivity contribution in [2.24, 2.45) is 11.7 Å². The summed E-state index contributed by atoms with van der Waals surface area (Å²) < 4.78 is 25.7. The van der Waals surface area contributed by atoms with Gasteiger partial charge in [-0.1, -0.05) is 6.92 Å². The van der Waals surface area contributed by atoms with Crippen LogP contribution in [-0.4, -0.2) is 12.3 Å². The van der Waals surface area contributed by atoms with E-state index in [4.69, 9.17) is 5.73 Å². The van der Waals surface area contributed by atoms with Crippen molar-refractivity contribution in [2.75, 3.05) is 6.54 Å². The van der Waals surface area contributed by atoms with Crippen molar-refractivity contribution in [2.45, 2.75) is 13.3 Å². The predicted octanol–water partition coefficient (Wildman–Crippen LogP) is 2.13. The number of rotatable bonds is 4. The standard InChI is InChI=1S/C11H13F2NO/c1-7(6-14)4-11(15)9-3-2-8(12)5-10(9)13/h2-3,5,7H,4,6,14H2,1H3. The highest BCUT2D eigenvalue weighted by Gasteiger charge is 2.14. The van der Waals surface area contributed by atoms with Gasteiger partial charge in [-0.05, 0) is 24.6 Å². The Bertz CT molecular complexity index is 366. The molecule has 1 rings (SSSR count). The molecule has 2 N–H and O–H groups in total. The van der Waals surface area contributed by atoms with Gasteiger partial charge in [-0.15, -0.1) is 0 Å². The van der Waals surface area contributed by atoms with E-state index in [1.165, 1.54) is 0 Å². The largest absolute Gasteiger partial charge is 0.330 e. The van der Waals surface area contributed by atoms with Crippen LogP contribution in [0.1, 0.15) is 23.7 Å². The molecule has 4 heteroatoms. The van der Waals surface area contributed by atoms with Gasteiger partial charge in [0.25, 0.3) is 0 Å². The molecule has 0 heterocycles. The Morgan fingerprint density at radius 2 is 2.13 bits per heavy atom. The first kappa shape index (κ1) is 11.8. The number of hydrogen-bond donors (Lipinski definition) is 1. The van der Waals surface area contributed by atoms with Gasteiger partial charge < -0.3 is 5.73 Å². The number of Topliss-reactive ketones (excluding diaryl/α,β-unsaturated/α-hetero) is 1. The van der Waals surface area contributed by atoms with E-state index in [-0.39, 0.29) is 23.7 Å². The zero-order chi connectivity index (χ0) is 11.4. The first-order chi connectivity index (χ1) is 7.04. The summed E-state index contributed by atoms with van der Waals surface area (Å²) in [5.41, 5.74) is 5.28. The molecule has 1 unspecified atom stereocenters. The summed E-state index contributed by atoms with van der Waals surface area (Å²) in [6, 6.07) is 2.94. The van der Waals surface area contributed by atoms with E-state index in [1.54, 1.807) is 6.92 Å². The Hall–Kier alpha value is -1.29. The van der Waals surface area contributed by atoms with Crippen LogP contribution < -0.4 is 5.73 Å². The fraction of sp³-hybridized carbons (Fsp3) is 0.364. The molecular formula is C11H13F2NO. The third kappa shape index (κ3) is 3.09. The second-order valence-electron chi connectivity index (χ2n) is 3.59. The molecule has 82 valence electrons. The quantitative estimate of drug-likeness (QED) is 0.778. The molecule has 0 aliphatic heterocycles. The van der Waals surface area contributed by atoms with Gasteiger partial charge >= 0.3 is 0 Å². The van der Waals surface area contributed by atoms with E-state index in [0.29, 0.717) is 12.6 Å². The Morgan fingerprint density at radius 3 is 2.67 bits per heavy atom. The maximum absolute atomic E-state index is 13.2. The normalized spacial score (nSPS) is 12.5. The Morgan fingerprint density at radius 1 is 1.47 bits per heavy atom. The number of carbonyl (C=O) groups is 1. The van der Waals surface area contributed by atoms with Crippen LogP contribution in [0.5, 0.6) is 0 Å². The lowest BCUT2D eigenvalue weighted by atomic mass is 9.99. The molecule has 0 amide bonds. The maximum Gasteiger partial charge on any atom is 0.166 e. The fourth-order valence-electron chi connectivity index (χ4n) is 1.23. The van der Waals surface area contributed by atoms with Crippen LogP contribution in [0.3, 0.4) is 0 Å². The third-order valence-electron chi connectivity index (χ3n) is 2.17. The van der Waals surface area contributed by atoms with E-state index in [1.807, 2.05) is 0 Å². The minimum atomic E-state index is -0.816. The van der Waals surface area contributed by atoms with Gasteiger partial charge in [0.15, 0.2) is 5.78 Å². The lowest BCUT2D eigenvalue weighted by Crippen LogP contribution is -2.16. The zero-order valence-corrected chi connectivity index (χ0v) is 8.47. The van der Waals surface area contributed by atoms with Gasteiger partial charge in [-0.25, -0.2) is 8.78 Å². The van der Waals surface area contributed by atoms with Crippen LogP contribution in [0.15, 0.2) is 18.2 Å². The van der Waals surface area contributed by atoms with Crippen molar-refractivity contribution in [3.63, 3.8) is 0 Å². The molecule has 0 radical (unpaired) electrons. The summed E-state index contributed by atoms with van der Waals surface area (Å²) in [5.74, 6) is -1.84. The number of benzene rings is 1. The average Bonchev–Trinajstić information content (AvgIpc) is 2.17. The summed E-state index contributed by atoms with van der Waals surface area (Å²) in [6.07, 6.45) is 0.180. The molecule has 0 aromatic heterocycles. The minimum Gasteiger partial charge on any atom is -0.330 e. The molecule has 0 saturated carbocycles. The van der Waals surface area contributed by atoms with Crippen molar-refractivity contribution in [1.29, 1.82) is 0 Å². The van der Waals surface area contributed by atoms with E-state index in [2.05, 4.69) is 0 Å². The van der Waals surface area contributed by atoms with E-state index in [0.717, 1.165) is 12.1 Å². The number of ketones is 1. The van der Waals surface area contributed by atoms with Crippen LogP contribution in [0.4, 0.5) is 8.78 Å². The molecule has 0 spiro atoms. The van der Waals surface area contributed by atoms with E-state index in [9.17, 15) is 13.6 Å². The lowest BCUT2D eigenvalue weighted by Gasteiger charge is -2.07. The van der Waals surface area contributed by atoms with Gasteiger partial charge in [0, 0.05) is 12.5 Å². The van der Waals surface area contributed by atoms with Crippen molar-refractivity contribution < 1.29 is 13.6 Å². The smallest absolute Gasteiger partial charge is 0.166 e. The first-order valence-electron chi connectivity index (χ1n) is 4.73.